The molecular formula is C22H46OSi2. The van der Waals surface area contributed by atoms with Crippen molar-refractivity contribution in [3.05, 3.63) is 23.3 Å². The highest BCUT2D eigenvalue weighted by Gasteiger charge is 2.31. The van der Waals surface area contributed by atoms with E-state index in [1.807, 2.05) is 0 Å². The predicted molar refractivity (Wildman–Crippen MR) is 121 cm³/mol. The fourth-order valence-corrected chi connectivity index (χ4v) is 12.4. The van der Waals surface area contributed by atoms with Crippen LogP contribution in [0.15, 0.2) is 23.3 Å². The molecular weight excluding hydrogens is 336 g/mol. The molecule has 0 aliphatic rings. The molecule has 0 N–H and O–H groups in total. The van der Waals surface area contributed by atoms with Gasteiger partial charge in [0, 0.05) is 0 Å². The van der Waals surface area contributed by atoms with Gasteiger partial charge in [-0.05, 0) is 91.7 Å². The first-order valence-corrected chi connectivity index (χ1v) is 16.7. The number of hydrogen-bond donors (Lipinski definition) is 0. The molecule has 0 aliphatic carbocycles. The van der Waals surface area contributed by atoms with Crippen LogP contribution in [0.4, 0.5) is 0 Å². The van der Waals surface area contributed by atoms with Crippen LogP contribution in [0.1, 0.15) is 79.1 Å². The minimum Gasteiger partial charge on any atom is -0.455 e. The van der Waals surface area contributed by atoms with E-state index in [0.717, 1.165) is 0 Å². The van der Waals surface area contributed by atoms with E-state index in [4.69, 9.17) is 4.12 Å². The average Bonchev–Trinajstić information content (AvgIpc) is 2.44. The number of hydrogen-bond acceptors (Lipinski definition) is 1. The molecule has 0 aromatic heterocycles. The molecule has 0 atom stereocenters. The smallest absolute Gasteiger partial charge is 0.173 e. The van der Waals surface area contributed by atoms with Gasteiger partial charge in [0.15, 0.2) is 16.6 Å². The number of allylic oxidation sites excluding steroid dienone is 4. The van der Waals surface area contributed by atoms with Gasteiger partial charge in [-0.3, -0.25) is 0 Å². The van der Waals surface area contributed by atoms with Crippen molar-refractivity contribution in [3.8, 4) is 0 Å². The van der Waals surface area contributed by atoms with Gasteiger partial charge < -0.3 is 4.12 Å². The molecule has 0 rings (SSSR count). The first kappa shape index (κ1) is 24.9. The Bertz CT molecular complexity index is 362. The van der Waals surface area contributed by atoms with Crippen LogP contribution in [0.25, 0.3) is 0 Å². The van der Waals surface area contributed by atoms with E-state index in [1.165, 1.54) is 74.6 Å². The molecule has 0 heterocycles. The van der Waals surface area contributed by atoms with Crippen molar-refractivity contribution < 1.29 is 4.12 Å². The Hall–Kier alpha value is -0.126. The van der Waals surface area contributed by atoms with E-state index >= 15 is 0 Å². The molecule has 0 spiro atoms. The fourth-order valence-electron chi connectivity index (χ4n) is 3.38. The lowest BCUT2D eigenvalue weighted by Crippen LogP contribution is -2.44. The second kappa shape index (κ2) is 13.1. The topological polar surface area (TPSA) is 9.23 Å². The highest BCUT2D eigenvalue weighted by Crippen LogP contribution is 2.25. The second-order valence-electron chi connectivity index (χ2n) is 9.38. The number of rotatable bonds is 14. The minimum atomic E-state index is -1.47. The Balaban J connectivity index is 3.95. The summed E-state index contributed by atoms with van der Waals surface area (Å²) < 4.78 is 6.77. The van der Waals surface area contributed by atoms with Crippen LogP contribution in [0, 0.1) is 0 Å². The standard InChI is InChI=1S/C22H46OSi2/c1-21(2)17-13-9-11-15-19-24(5,6)23-25(7,8)20-16-12-10-14-18-22(3)4/h17-18H,9-16,19-20H2,1-8H3. The van der Waals surface area contributed by atoms with Gasteiger partial charge >= 0.3 is 0 Å². The van der Waals surface area contributed by atoms with Crippen molar-refractivity contribution >= 4 is 16.6 Å². The Labute approximate surface area is 161 Å². The summed E-state index contributed by atoms with van der Waals surface area (Å²) in [6, 6.07) is 2.66. The van der Waals surface area contributed by atoms with E-state index in [-0.39, 0.29) is 0 Å². The maximum Gasteiger partial charge on any atom is 0.173 e. The van der Waals surface area contributed by atoms with Crippen LogP contribution in [-0.2, 0) is 4.12 Å². The van der Waals surface area contributed by atoms with E-state index in [1.54, 1.807) is 0 Å². The van der Waals surface area contributed by atoms with Gasteiger partial charge in [0.05, 0.1) is 0 Å². The maximum absolute atomic E-state index is 6.77. The van der Waals surface area contributed by atoms with Crippen LogP contribution in [-0.4, -0.2) is 16.6 Å². The first-order valence-electron chi connectivity index (χ1n) is 10.5. The zero-order chi connectivity index (χ0) is 19.3. The summed E-state index contributed by atoms with van der Waals surface area (Å²) in [6.07, 6.45) is 15.3. The lowest BCUT2D eigenvalue weighted by atomic mass is 10.1. The molecule has 25 heavy (non-hydrogen) atoms. The molecule has 3 heteroatoms. The third kappa shape index (κ3) is 17.1. The molecule has 0 aromatic rings. The zero-order valence-corrected chi connectivity index (χ0v) is 20.6. The third-order valence-electron chi connectivity index (χ3n) is 4.62. The van der Waals surface area contributed by atoms with Crippen LogP contribution >= 0.6 is 0 Å². The Morgan fingerprint density at radius 1 is 0.600 bits per heavy atom. The second-order valence-corrected chi connectivity index (χ2v) is 18.2. The lowest BCUT2D eigenvalue weighted by Gasteiger charge is -2.34. The molecule has 0 aliphatic heterocycles. The van der Waals surface area contributed by atoms with Crippen molar-refractivity contribution in [2.45, 2.75) is 117 Å². The highest BCUT2D eigenvalue weighted by atomic mass is 28.4. The van der Waals surface area contributed by atoms with E-state index < -0.39 is 16.6 Å². The van der Waals surface area contributed by atoms with Gasteiger partial charge in [-0.2, -0.15) is 0 Å². The molecule has 0 saturated carbocycles. The van der Waals surface area contributed by atoms with Gasteiger partial charge in [0.2, 0.25) is 0 Å². The summed E-state index contributed by atoms with van der Waals surface area (Å²) in [5.41, 5.74) is 2.90. The molecule has 0 amide bonds. The summed E-state index contributed by atoms with van der Waals surface area (Å²) >= 11 is 0. The molecule has 0 saturated heterocycles. The quantitative estimate of drug-likeness (QED) is 0.166. The minimum absolute atomic E-state index is 1.25. The van der Waals surface area contributed by atoms with Gasteiger partial charge in [-0.15, -0.1) is 0 Å². The van der Waals surface area contributed by atoms with E-state index in [9.17, 15) is 0 Å². The van der Waals surface area contributed by atoms with Crippen LogP contribution in [0.5, 0.6) is 0 Å². The zero-order valence-electron chi connectivity index (χ0n) is 18.6. The SMILES string of the molecule is CC(C)=CCCCCC[Si](C)(C)O[Si](C)(C)CCCCCC=C(C)C. The largest absolute Gasteiger partial charge is 0.455 e. The maximum atomic E-state index is 6.77. The average molecular weight is 383 g/mol. The van der Waals surface area contributed by atoms with E-state index in [2.05, 4.69) is 66.0 Å². The van der Waals surface area contributed by atoms with Crippen LogP contribution in [0.3, 0.4) is 0 Å². The third-order valence-corrected chi connectivity index (χ3v) is 12.2. The monoisotopic (exact) mass is 382 g/mol. The van der Waals surface area contributed by atoms with Gasteiger partial charge in [-0.25, -0.2) is 0 Å². The molecule has 0 radical (unpaired) electrons. The van der Waals surface area contributed by atoms with E-state index in [0.29, 0.717) is 0 Å². The Kier molecular flexibility index (Phi) is 13.0. The van der Waals surface area contributed by atoms with Crippen molar-refractivity contribution in [1.29, 1.82) is 0 Å². The van der Waals surface area contributed by atoms with Gasteiger partial charge in [0.25, 0.3) is 0 Å². The molecule has 0 unspecified atom stereocenters. The molecule has 0 aromatic carbocycles. The normalized spacial score (nSPS) is 12.2. The molecule has 0 fully saturated rings. The summed E-state index contributed by atoms with van der Waals surface area (Å²) in [5.74, 6) is 0. The molecule has 0 bridgehead atoms. The summed E-state index contributed by atoms with van der Waals surface area (Å²) in [5, 5.41) is 0. The van der Waals surface area contributed by atoms with Gasteiger partial charge in [-0.1, -0.05) is 49.0 Å². The van der Waals surface area contributed by atoms with Crippen molar-refractivity contribution in [2.24, 2.45) is 0 Å². The molecule has 1 nitrogen and oxygen atoms in total. The summed E-state index contributed by atoms with van der Waals surface area (Å²) in [6.45, 7) is 18.5. The van der Waals surface area contributed by atoms with Crippen molar-refractivity contribution in [3.63, 3.8) is 0 Å². The highest BCUT2D eigenvalue weighted by molar-refractivity contribution is 6.84. The predicted octanol–water partition coefficient (Wildman–Crippen LogP) is 8.47. The van der Waals surface area contributed by atoms with Gasteiger partial charge in [0.1, 0.15) is 0 Å². The Morgan fingerprint density at radius 2 is 0.960 bits per heavy atom. The van der Waals surface area contributed by atoms with Crippen LogP contribution in [0.2, 0.25) is 38.3 Å². The lowest BCUT2D eigenvalue weighted by molar-refractivity contribution is 0.524. The molecule has 148 valence electrons. The summed E-state index contributed by atoms with van der Waals surface area (Å²) in [7, 11) is -2.95. The first-order chi connectivity index (χ1) is 11.5. The van der Waals surface area contributed by atoms with Crippen molar-refractivity contribution in [2.75, 3.05) is 0 Å². The van der Waals surface area contributed by atoms with Crippen LogP contribution < -0.4 is 0 Å². The Morgan fingerprint density at radius 3 is 1.28 bits per heavy atom. The summed E-state index contributed by atoms with van der Waals surface area (Å²) in [4.78, 5) is 0. The fraction of sp³-hybridized carbons (Fsp3) is 0.818. The number of unbranched alkanes of at least 4 members (excludes halogenated alkanes) is 6. The van der Waals surface area contributed by atoms with Crippen molar-refractivity contribution in [1.82, 2.24) is 0 Å².